The highest BCUT2D eigenvalue weighted by Gasteiger charge is 2.29. The third-order valence-electron chi connectivity index (χ3n) is 4.02. The summed E-state index contributed by atoms with van der Waals surface area (Å²) in [6.07, 6.45) is 1.76. The fourth-order valence-electron chi connectivity index (χ4n) is 2.76. The molecule has 2 heterocycles. The number of sulfone groups is 1. The van der Waals surface area contributed by atoms with Gasteiger partial charge in [0.25, 0.3) is 5.91 Å². The third-order valence-corrected chi connectivity index (χ3v) is 5.79. The van der Waals surface area contributed by atoms with E-state index in [0.717, 1.165) is 5.56 Å². The van der Waals surface area contributed by atoms with Gasteiger partial charge in [-0.05, 0) is 18.9 Å². The Morgan fingerprint density at radius 1 is 1.28 bits per heavy atom. The molecule has 0 saturated carbocycles. The SMILES string of the molecule is Cc1cccc(CNc2cc(C(=O)NC3CCS(=O)(=O)C3)ncn2)c1. The first-order valence-corrected chi connectivity index (χ1v) is 9.86. The second kappa shape index (κ2) is 7.18. The summed E-state index contributed by atoms with van der Waals surface area (Å²) >= 11 is 0. The standard InChI is InChI=1S/C17H20N4O3S/c1-12-3-2-4-13(7-12)9-18-16-8-15(19-11-20-16)17(22)21-14-5-6-25(23,24)10-14/h2-4,7-8,11,14H,5-6,9-10H2,1H3,(H,21,22)(H,18,19,20). The number of anilines is 1. The van der Waals surface area contributed by atoms with Gasteiger partial charge in [0, 0.05) is 18.7 Å². The van der Waals surface area contributed by atoms with Gasteiger partial charge in [-0.1, -0.05) is 29.8 Å². The molecule has 7 nitrogen and oxygen atoms in total. The molecule has 0 radical (unpaired) electrons. The van der Waals surface area contributed by atoms with Crippen molar-refractivity contribution in [2.75, 3.05) is 16.8 Å². The lowest BCUT2D eigenvalue weighted by Crippen LogP contribution is -2.36. The molecular formula is C17H20N4O3S. The molecule has 2 aromatic rings. The number of hydrogen-bond acceptors (Lipinski definition) is 6. The van der Waals surface area contributed by atoms with E-state index in [4.69, 9.17) is 0 Å². The molecular weight excluding hydrogens is 340 g/mol. The van der Waals surface area contributed by atoms with Gasteiger partial charge in [0.05, 0.1) is 11.5 Å². The molecule has 1 aliphatic heterocycles. The molecule has 1 aromatic heterocycles. The normalized spacial score (nSPS) is 18.7. The molecule has 25 heavy (non-hydrogen) atoms. The minimum atomic E-state index is -3.03. The molecule has 0 aliphatic carbocycles. The van der Waals surface area contributed by atoms with E-state index in [9.17, 15) is 13.2 Å². The van der Waals surface area contributed by atoms with Crippen molar-refractivity contribution in [3.8, 4) is 0 Å². The average Bonchev–Trinajstić information content (AvgIpc) is 2.92. The van der Waals surface area contributed by atoms with E-state index >= 15 is 0 Å². The predicted octanol–water partition coefficient (Wildman–Crippen LogP) is 1.31. The summed E-state index contributed by atoms with van der Waals surface area (Å²) in [6, 6.07) is 9.31. The summed E-state index contributed by atoms with van der Waals surface area (Å²) in [7, 11) is -3.03. The molecule has 8 heteroatoms. The Kier molecular flexibility index (Phi) is 4.98. The van der Waals surface area contributed by atoms with Crippen molar-refractivity contribution in [2.24, 2.45) is 0 Å². The molecule has 1 aliphatic rings. The predicted molar refractivity (Wildman–Crippen MR) is 95.1 cm³/mol. The van der Waals surface area contributed by atoms with Gasteiger partial charge in [0.2, 0.25) is 0 Å². The van der Waals surface area contributed by atoms with Gasteiger partial charge in [0.15, 0.2) is 9.84 Å². The summed E-state index contributed by atoms with van der Waals surface area (Å²) in [5.74, 6) is 0.261. The van der Waals surface area contributed by atoms with Crippen molar-refractivity contribution in [3.05, 3.63) is 53.5 Å². The molecule has 1 fully saturated rings. The summed E-state index contributed by atoms with van der Waals surface area (Å²) in [4.78, 5) is 20.3. The van der Waals surface area contributed by atoms with E-state index < -0.39 is 9.84 Å². The van der Waals surface area contributed by atoms with E-state index in [1.54, 1.807) is 6.07 Å². The fourth-order valence-corrected chi connectivity index (χ4v) is 4.43. The zero-order chi connectivity index (χ0) is 17.9. The van der Waals surface area contributed by atoms with Gasteiger partial charge in [-0.3, -0.25) is 4.79 Å². The molecule has 3 rings (SSSR count). The van der Waals surface area contributed by atoms with Crippen LogP contribution in [0.3, 0.4) is 0 Å². The summed E-state index contributed by atoms with van der Waals surface area (Å²) < 4.78 is 22.9. The molecule has 0 bridgehead atoms. The summed E-state index contributed by atoms with van der Waals surface area (Å²) in [5, 5.41) is 5.89. The van der Waals surface area contributed by atoms with Crippen LogP contribution in [0.1, 0.15) is 28.0 Å². The van der Waals surface area contributed by atoms with Gasteiger partial charge < -0.3 is 10.6 Å². The Labute approximate surface area is 146 Å². The maximum absolute atomic E-state index is 12.3. The lowest BCUT2D eigenvalue weighted by Gasteiger charge is -2.11. The number of carbonyl (C=O) groups excluding carboxylic acids is 1. The third kappa shape index (κ3) is 4.76. The van der Waals surface area contributed by atoms with Crippen LogP contribution < -0.4 is 10.6 Å². The molecule has 1 saturated heterocycles. The fraction of sp³-hybridized carbons (Fsp3) is 0.353. The van der Waals surface area contributed by atoms with Crippen LogP contribution in [0.25, 0.3) is 0 Å². The van der Waals surface area contributed by atoms with Crippen LogP contribution >= 0.6 is 0 Å². The number of rotatable bonds is 5. The molecule has 1 aromatic carbocycles. The quantitative estimate of drug-likeness (QED) is 0.834. The van der Waals surface area contributed by atoms with E-state index in [1.807, 2.05) is 25.1 Å². The molecule has 1 amide bonds. The van der Waals surface area contributed by atoms with Gasteiger partial charge in [-0.15, -0.1) is 0 Å². The number of hydrogen-bond donors (Lipinski definition) is 2. The van der Waals surface area contributed by atoms with Gasteiger partial charge >= 0.3 is 0 Å². The maximum atomic E-state index is 12.3. The van der Waals surface area contributed by atoms with Gasteiger partial charge in [0.1, 0.15) is 17.8 Å². The smallest absolute Gasteiger partial charge is 0.270 e. The topological polar surface area (TPSA) is 101 Å². The first-order valence-electron chi connectivity index (χ1n) is 8.04. The Morgan fingerprint density at radius 2 is 2.12 bits per heavy atom. The Bertz CT molecular complexity index is 883. The Morgan fingerprint density at radius 3 is 2.84 bits per heavy atom. The maximum Gasteiger partial charge on any atom is 0.270 e. The average molecular weight is 360 g/mol. The van der Waals surface area contributed by atoms with Crippen molar-refractivity contribution in [1.29, 1.82) is 0 Å². The van der Waals surface area contributed by atoms with Crippen molar-refractivity contribution in [3.63, 3.8) is 0 Å². The summed E-state index contributed by atoms with van der Waals surface area (Å²) in [6.45, 7) is 2.61. The molecule has 0 spiro atoms. The van der Waals surface area contributed by atoms with Crippen molar-refractivity contribution >= 4 is 21.6 Å². The lowest BCUT2D eigenvalue weighted by molar-refractivity contribution is 0.0936. The van der Waals surface area contributed by atoms with Crippen LogP contribution in [0.4, 0.5) is 5.82 Å². The van der Waals surface area contributed by atoms with Crippen molar-refractivity contribution in [2.45, 2.75) is 25.9 Å². The lowest BCUT2D eigenvalue weighted by atomic mass is 10.1. The van der Waals surface area contributed by atoms with Crippen LogP contribution in [0.5, 0.6) is 0 Å². The number of aromatic nitrogens is 2. The minimum absolute atomic E-state index is 0.0116. The van der Waals surface area contributed by atoms with E-state index in [2.05, 4.69) is 26.7 Å². The van der Waals surface area contributed by atoms with Crippen LogP contribution in [0.2, 0.25) is 0 Å². The zero-order valence-corrected chi connectivity index (χ0v) is 14.7. The van der Waals surface area contributed by atoms with Crippen molar-refractivity contribution < 1.29 is 13.2 Å². The van der Waals surface area contributed by atoms with Crippen LogP contribution in [0.15, 0.2) is 36.7 Å². The number of aryl methyl sites for hydroxylation is 1. The zero-order valence-electron chi connectivity index (χ0n) is 13.9. The van der Waals surface area contributed by atoms with Gasteiger partial charge in [-0.25, -0.2) is 18.4 Å². The van der Waals surface area contributed by atoms with E-state index in [-0.39, 0.29) is 29.1 Å². The highest BCUT2D eigenvalue weighted by Crippen LogP contribution is 2.13. The monoisotopic (exact) mass is 360 g/mol. The second-order valence-electron chi connectivity index (χ2n) is 6.20. The first kappa shape index (κ1) is 17.3. The van der Waals surface area contributed by atoms with Crippen LogP contribution in [-0.4, -0.2) is 41.8 Å². The number of carbonyl (C=O) groups is 1. The van der Waals surface area contributed by atoms with Crippen LogP contribution in [0, 0.1) is 6.92 Å². The number of nitrogens with one attached hydrogen (secondary N) is 2. The number of benzene rings is 1. The highest BCUT2D eigenvalue weighted by atomic mass is 32.2. The molecule has 132 valence electrons. The first-order chi connectivity index (χ1) is 11.9. The Hall–Kier alpha value is -2.48. The van der Waals surface area contributed by atoms with E-state index in [1.165, 1.54) is 11.9 Å². The van der Waals surface area contributed by atoms with Crippen LogP contribution in [-0.2, 0) is 16.4 Å². The molecule has 1 atom stereocenters. The van der Waals surface area contributed by atoms with Gasteiger partial charge in [-0.2, -0.15) is 0 Å². The number of amides is 1. The second-order valence-corrected chi connectivity index (χ2v) is 8.43. The highest BCUT2D eigenvalue weighted by molar-refractivity contribution is 7.91. The van der Waals surface area contributed by atoms with E-state index in [0.29, 0.717) is 18.8 Å². The largest absolute Gasteiger partial charge is 0.366 e. The minimum Gasteiger partial charge on any atom is -0.366 e. The number of nitrogens with zero attached hydrogens (tertiary/aromatic N) is 2. The summed E-state index contributed by atoms with van der Waals surface area (Å²) in [5.41, 5.74) is 2.50. The Balaban J connectivity index is 1.62. The molecule has 1 unspecified atom stereocenters. The molecule has 2 N–H and O–H groups in total. The van der Waals surface area contributed by atoms with Crippen molar-refractivity contribution in [1.82, 2.24) is 15.3 Å².